The van der Waals surface area contributed by atoms with E-state index in [-0.39, 0.29) is 18.2 Å². The Kier molecular flexibility index (Phi) is 5.73. The Morgan fingerprint density at radius 2 is 1.96 bits per heavy atom. The fraction of sp³-hybridized carbons (Fsp3) is 0.389. The Labute approximate surface area is 162 Å². The summed E-state index contributed by atoms with van der Waals surface area (Å²) in [6.07, 6.45) is 2.41. The maximum absolute atomic E-state index is 12.6. The number of aromatic nitrogens is 1. The molecule has 1 aromatic heterocycles. The number of hydrogen-bond donors (Lipinski definition) is 1. The minimum absolute atomic E-state index is 0.118. The highest BCUT2D eigenvalue weighted by atomic mass is 32.2. The number of nitrogens with one attached hydrogen (secondary N) is 1. The molecule has 0 aliphatic carbocycles. The normalized spacial score (nSPS) is 18.2. The number of rotatable bonds is 5. The molecule has 7 nitrogen and oxygen atoms in total. The Morgan fingerprint density at radius 3 is 2.59 bits per heavy atom. The fourth-order valence-corrected chi connectivity index (χ4v) is 4.87. The Morgan fingerprint density at radius 1 is 1.26 bits per heavy atom. The summed E-state index contributed by atoms with van der Waals surface area (Å²) in [5, 5.41) is 3.11. The lowest BCUT2D eigenvalue weighted by Gasteiger charge is -2.29. The molecule has 1 unspecified atom stereocenters. The maximum Gasteiger partial charge on any atom is 0.230 e. The van der Waals surface area contributed by atoms with E-state index in [0.29, 0.717) is 35.1 Å². The van der Waals surface area contributed by atoms with E-state index < -0.39 is 15.9 Å². The van der Waals surface area contributed by atoms with Crippen LogP contribution in [0.2, 0.25) is 0 Å². The molecular formula is C18H21N3O4S2. The van der Waals surface area contributed by atoms with Crippen LogP contribution in [0.1, 0.15) is 29.4 Å². The molecule has 2 heterocycles. The summed E-state index contributed by atoms with van der Waals surface area (Å²) < 4.78 is 24.8. The molecule has 0 radical (unpaired) electrons. The number of anilines is 1. The molecular weight excluding hydrogens is 386 g/mol. The van der Waals surface area contributed by atoms with Crippen LogP contribution in [-0.2, 0) is 14.8 Å². The largest absolute Gasteiger partial charge is 0.302 e. The van der Waals surface area contributed by atoms with Crippen LogP contribution in [0.25, 0.3) is 11.3 Å². The van der Waals surface area contributed by atoms with Crippen molar-refractivity contribution in [2.45, 2.75) is 19.8 Å². The SMILES string of the molecule is CC(=O)c1sc(NC(=O)C2CCCN(S(C)(=O)=O)C2)nc1-c1ccccc1. The van der Waals surface area contributed by atoms with Gasteiger partial charge in [0.25, 0.3) is 0 Å². The molecule has 3 rings (SSSR count). The first kappa shape index (κ1) is 19.7. The van der Waals surface area contributed by atoms with Gasteiger partial charge in [-0.2, -0.15) is 0 Å². The van der Waals surface area contributed by atoms with Crippen LogP contribution in [0.5, 0.6) is 0 Å². The second-order valence-electron chi connectivity index (χ2n) is 6.57. The number of ketones is 1. The van der Waals surface area contributed by atoms with E-state index in [9.17, 15) is 18.0 Å². The molecule has 0 spiro atoms. The first-order valence-corrected chi connectivity index (χ1v) is 11.3. The molecule has 144 valence electrons. The van der Waals surface area contributed by atoms with E-state index in [0.717, 1.165) is 23.2 Å². The summed E-state index contributed by atoms with van der Waals surface area (Å²) in [5.74, 6) is -0.821. The lowest BCUT2D eigenvalue weighted by atomic mass is 9.99. The first-order valence-electron chi connectivity index (χ1n) is 8.59. The molecule has 1 atom stereocenters. The number of piperidine rings is 1. The number of carbonyl (C=O) groups excluding carboxylic acids is 2. The van der Waals surface area contributed by atoms with E-state index in [2.05, 4.69) is 10.3 Å². The summed E-state index contributed by atoms with van der Waals surface area (Å²) in [4.78, 5) is 29.5. The summed E-state index contributed by atoms with van der Waals surface area (Å²) >= 11 is 1.14. The predicted molar refractivity (Wildman–Crippen MR) is 105 cm³/mol. The number of carbonyl (C=O) groups is 2. The summed E-state index contributed by atoms with van der Waals surface area (Å²) in [7, 11) is -3.32. The molecule has 1 aliphatic heterocycles. The monoisotopic (exact) mass is 407 g/mol. The second-order valence-corrected chi connectivity index (χ2v) is 9.55. The first-order chi connectivity index (χ1) is 12.8. The number of hydrogen-bond acceptors (Lipinski definition) is 6. The van der Waals surface area contributed by atoms with Crippen molar-refractivity contribution in [3.05, 3.63) is 35.2 Å². The van der Waals surface area contributed by atoms with E-state index in [1.54, 1.807) is 0 Å². The molecule has 9 heteroatoms. The molecule has 1 aromatic carbocycles. The van der Waals surface area contributed by atoms with Gasteiger partial charge in [-0.1, -0.05) is 41.7 Å². The van der Waals surface area contributed by atoms with Crippen LogP contribution in [0, 0.1) is 5.92 Å². The number of sulfonamides is 1. The van der Waals surface area contributed by atoms with Crippen molar-refractivity contribution < 1.29 is 18.0 Å². The van der Waals surface area contributed by atoms with Crippen LogP contribution in [-0.4, -0.2) is 48.7 Å². The third kappa shape index (κ3) is 4.60. The van der Waals surface area contributed by atoms with Gasteiger partial charge in [0.15, 0.2) is 10.9 Å². The highest BCUT2D eigenvalue weighted by molar-refractivity contribution is 7.88. The number of benzene rings is 1. The molecule has 0 bridgehead atoms. The Balaban J connectivity index is 1.79. The van der Waals surface area contributed by atoms with Crippen LogP contribution in [0.3, 0.4) is 0 Å². The van der Waals surface area contributed by atoms with Crippen molar-refractivity contribution >= 4 is 38.2 Å². The zero-order valence-corrected chi connectivity index (χ0v) is 16.8. The zero-order valence-electron chi connectivity index (χ0n) is 15.1. The second kappa shape index (κ2) is 7.87. The van der Waals surface area contributed by atoms with Gasteiger partial charge in [0.1, 0.15) is 0 Å². The van der Waals surface area contributed by atoms with Gasteiger partial charge in [-0.25, -0.2) is 17.7 Å². The van der Waals surface area contributed by atoms with Gasteiger partial charge in [0.05, 0.1) is 22.7 Å². The van der Waals surface area contributed by atoms with E-state index in [1.807, 2.05) is 30.3 Å². The Bertz CT molecular complexity index is 954. The van der Waals surface area contributed by atoms with Gasteiger partial charge < -0.3 is 5.32 Å². The third-order valence-corrected chi connectivity index (χ3v) is 6.79. The molecule has 0 saturated carbocycles. The van der Waals surface area contributed by atoms with E-state index >= 15 is 0 Å². The van der Waals surface area contributed by atoms with Crippen molar-refractivity contribution in [1.29, 1.82) is 0 Å². The zero-order chi connectivity index (χ0) is 19.6. The average Bonchev–Trinajstić information content (AvgIpc) is 3.06. The highest BCUT2D eigenvalue weighted by Crippen LogP contribution is 2.32. The van der Waals surface area contributed by atoms with Gasteiger partial charge in [-0.3, -0.25) is 9.59 Å². The van der Waals surface area contributed by atoms with Crippen molar-refractivity contribution in [1.82, 2.24) is 9.29 Å². The minimum Gasteiger partial charge on any atom is -0.302 e. The average molecular weight is 408 g/mol. The van der Waals surface area contributed by atoms with Crippen molar-refractivity contribution in [2.24, 2.45) is 5.92 Å². The fourth-order valence-electron chi connectivity index (χ4n) is 3.07. The number of nitrogens with zero attached hydrogens (tertiary/aromatic N) is 2. The molecule has 1 amide bonds. The van der Waals surface area contributed by atoms with Crippen molar-refractivity contribution in [2.75, 3.05) is 24.7 Å². The smallest absolute Gasteiger partial charge is 0.230 e. The van der Waals surface area contributed by atoms with E-state index in [1.165, 1.54) is 11.2 Å². The number of Topliss-reactive ketones (excluding diaryl/α,β-unsaturated/α-hetero) is 1. The number of thiazole rings is 1. The van der Waals surface area contributed by atoms with Crippen LogP contribution < -0.4 is 5.32 Å². The van der Waals surface area contributed by atoms with Crippen LogP contribution in [0.15, 0.2) is 30.3 Å². The maximum atomic E-state index is 12.6. The molecule has 1 saturated heterocycles. The number of amides is 1. The lowest BCUT2D eigenvalue weighted by Crippen LogP contribution is -2.43. The molecule has 1 fully saturated rings. The van der Waals surface area contributed by atoms with Gasteiger partial charge in [0, 0.05) is 25.6 Å². The Hall–Kier alpha value is -2.10. The lowest BCUT2D eigenvalue weighted by molar-refractivity contribution is -0.120. The highest BCUT2D eigenvalue weighted by Gasteiger charge is 2.31. The topological polar surface area (TPSA) is 96.4 Å². The van der Waals surface area contributed by atoms with Crippen LogP contribution >= 0.6 is 11.3 Å². The van der Waals surface area contributed by atoms with Gasteiger partial charge in [-0.05, 0) is 12.8 Å². The molecule has 27 heavy (non-hydrogen) atoms. The third-order valence-electron chi connectivity index (χ3n) is 4.45. The van der Waals surface area contributed by atoms with Crippen molar-refractivity contribution in [3.8, 4) is 11.3 Å². The van der Waals surface area contributed by atoms with Crippen molar-refractivity contribution in [3.63, 3.8) is 0 Å². The van der Waals surface area contributed by atoms with Crippen LogP contribution in [0.4, 0.5) is 5.13 Å². The quantitative estimate of drug-likeness (QED) is 0.769. The molecule has 1 aliphatic rings. The van der Waals surface area contributed by atoms with Gasteiger partial charge >= 0.3 is 0 Å². The standard InChI is InChI=1S/C18H21N3O4S2/c1-12(22)16-15(13-7-4-3-5-8-13)19-18(26-16)20-17(23)14-9-6-10-21(11-14)27(2,24)25/h3-5,7-8,14H,6,9-11H2,1-2H3,(H,19,20,23). The summed E-state index contributed by atoms with van der Waals surface area (Å²) in [6.45, 7) is 2.07. The minimum atomic E-state index is -3.32. The summed E-state index contributed by atoms with van der Waals surface area (Å²) in [6, 6.07) is 9.32. The summed E-state index contributed by atoms with van der Waals surface area (Å²) in [5.41, 5.74) is 1.35. The van der Waals surface area contributed by atoms with Gasteiger partial charge in [0.2, 0.25) is 15.9 Å². The van der Waals surface area contributed by atoms with Gasteiger partial charge in [-0.15, -0.1) is 0 Å². The molecule has 2 aromatic rings. The predicted octanol–water partition coefficient (Wildman–Crippen LogP) is 2.62. The van der Waals surface area contributed by atoms with E-state index in [4.69, 9.17) is 0 Å². The molecule has 1 N–H and O–H groups in total.